The lowest BCUT2D eigenvalue weighted by Crippen LogP contribution is -2.36. The molecular formula is C21H24N2O5. The van der Waals surface area contributed by atoms with Crippen molar-refractivity contribution in [3.05, 3.63) is 53.6 Å². The van der Waals surface area contributed by atoms with Crippen LogP contribution in [0.1, 0.15) is 30.5 Å². The van der Waals surface area contributed by atoms with E-state index in [-0.39, 0.29) is 11.9 Å². The average Bonchev–Trinajstić information content (AvgIpc) is 3.23. The quantitative estimate of drug-likeness (QED) is 0.794. The van der Waals surface area contributed by atoms with Gasteiger partial charge in [0.15, 0.2) is 11.5 Å². The number of oxime groups is 1. The molecular weight excluding hydrogens is 360 g/mol. The number of rotatable bonds is 7. The lowest BCUT2D eigenvalue weighted by molar-refractivity contribution is -0.131. The first-order valence-corrected chi connectivity index (χ1v) is 8.95. The molecule has 28 heavy (non-hydrogen) atoms. The molecule has 1 heterocycles. The molecule has 0 saturated carbocycles. The van der Waals surface area contributed by atoms with Crippen LogP contribution in [-0.4, -0.2) is 39.1 Å². The largest absolute Gasteiger partial charge is 0.493 e. The molecule has 0 saturated heterocycles. The van der Waals surface area contributed by atoms with Crippen LogP contribution in [0.2, 0.25) is 0 Å². The molecule has 0 aromatic heterocycles. The summed E-state index contributed by atoms with van der Waals surface area (Å²) < 4.78 is 16.1. The van der Waals surface area contributed by atoms with Crippen molar-refractivity contribution in [2.45, 2.75) is 25.5 Å². The van der Waals surface area contributed by atoms with Crippen molar-refractivity contribution < 1.29 is 23.8 Å². The van der Waals surface area contributed by atoms with Crippen molar-refractivity contribution in [3.63, 3.8) is 0 Å². The van der Waals surface area contributed by atoms with E-state index in [4.69, 9.17) is 19.0 Å². The van der Waals surface area contributed by atoms with Crippen molar-refractivity contribution in [2.75, 3.05) is 21.3 Å². The smallest absolute Gasteiger partial charge is 0.264 e. The molecule has 1 N–H and O–H groups in total. The molecule has 7 heteroatoms. The number of nitrogens with one attached hydrogen (secondary N) is 1. The molecule has 0 spiro atoms. The summed E-state index contributed by atoms with van der Waals surface area (Å²) >= 11 is 0. The van der Waals surface area contributed by atoms with Crippen LogP contribution in [0.15, 0.2) is 47.6 Å². The fourth-order valence-electron chi connectivity index (χ4n) is 3.07. The normalized spacial score (nSPS) is 16.6. The first kappa shape index (κ1) is 19.5. The second-order valence-corrected chi connectivity index (χ2v) is 6.39. The van der Waals surface area contributed by atoms with Gasteiger partial charge in [-0.05, 0) is 24.6 Å². The van der Waals surface area contributed by atoms with E-state index in [1.807, 2.05) is 37.3 Å². The number of hydrogen-bond donors (Lipinski definition) is 1. The fourth-order valence-corrected chi connectivity index (χ4v) is 3.07. The lowest BCUT2D eigenvalue weighted by atomic mass is 10.0. The highest BCUT2D eigenvalue weighted by atomic mass is 16.6. The van der Waals surface area contributed by atoms with Gasteiger partial charge in [0.25, 0.3) is 5.91 Å². The van der Waals surface area contributed by atoms with E-state index < -0.39 is 6.10 Å². The second-order valence-electron chi connectivity index (χ2n) is 6.39. The van der Waals surface area contributed by atoms with Gasteiger partial charge in [-0.3, -0.25) is 4.79 Å². The second kappa shape index (κ2) is 8.65. The van der Waals surface area contributed by atoms with Gasteiger partial charge in [0, 0.05) is 12.0 Å². The van der Waals surface area contributed by atoms with Crippen molar-refractivity contribution in [3.8, 4) is 17.2 Å². The third-order valence-electron chi connectivity index (χ3n) is 4.62. The Kier molecular flexibility index (Phi) is 6.03. The Morgan fingerprint density at radius 1 is 1.11 bits per heavy atom. The summed E-state index contributed by atoms with van der Waals surface area (Å²) in [4.78, 5) is 18.0. The highest BCUT2D eigenvalue weighted by Gasteiger charge is 2.30. The molecule has 0 aliphatic carbocycles. The van der Waals surface area contributed by atoms with Gasteiger partial charge in [0.2, 0.25) is 11.9 Å². The molecule has 2 aromatic carbocycles. The number of carbonyl (C=O) groups is 1. The molecule has 0 fully saturated rings. The van der Waals surface area contributed by atoms with Crippen molar-refractivity contribution in [1.82, 2.24) is 5.32 Å². The van der Waals surface area contributed by atoms with Gasteiger partial charge in [-0.2, -0.15) is 0 Å². The van der Waals surface area contributed by atoms with Crippen LogP contribution in [0, 0.1) is 0 Å². The number of ether oxygens (including phenoxy) is 3. The van der Waals surface area contributed by atoms with Crippen molar-refractivity contribution >= 4 is 11.6 Å². The zero-order valence-corrected chi connectivity index (χ0v) is 16.4. The van der Waals surface area contributed by atoms with Crippen LogP contribution in [0.4, 0.5) is 0 Å². The zero-order chi connectivity index (χ0) is 20.1. The first-order chi connectivity index (χ1) is 13.6. The average molecular weight is 384 g/mol. The fraction of sp³-hybridized carbons (Fsp3) is 0.333. The van der Waals surface area contributed by atoms with E-state index in [1.165, 1.54) is 0 Å². The van der Waals surface area contributed by atoms with Crippen LogP contribution in [-0.2, 0) is 9.63 Å². The van der Waals surface area contributed by atoms with Crippen molar-refractivity contribution in [2.24, 2.45) is 5.16 Å². The number of hydrogen-bond acceptors (Lipinski definition) is 6. The lowest BCUT2D eigenvalue weighted by Gasteiger charge is -2.16. The Morgan fingerprint density at radius 2 is 1.75 bits per heavy atom. The number of methoxy groups -OCH3 is 3. The molecule has 2 unspecified atom stereocenters. The standard InChI is InChI=1S/C21H24N2O5/c1-13(14-8-6-5-7-9-14)22-21(24)19-12-16(23-28-19)15-10-17(25-2)20(27-4)18(11-15)26-3/h5-11,13,19H,12H2,1-4H3,(H,22,24). The van der Waals surface area contributed by atoms with Gasteiger partial charge in [0.1, 0.15) is 0 Å². The minimum Gasteiger partial charge on any atom is -0.493 e. The summed E-state index contributed by atoms with van der Waals surface area (Å²) in [6.07, 6.45) is -0.327. The highest BCUT2D eigenvalue weighted by Crippen LogP contribution is 2.39. The summed E-state index contributed by atoms with van der Waals surface area (Å²) in [6, 6.07) is 13.2. The van der Waals surface area contributed by atoms with E-state index in [2.05, 4.69) is 10.5 Å². The number of nitrogens with zero attached hydrogens (tertiary/aromatic N) is 1. The van der Waals surface area contributed by atoms with E-state index in [1.54, 1.807) is 33.5 Å². The Balaban J connectivity index is 1.70. The summed E-state index contributed by atoms with van der Waals surface area (Å²) in [5, 5.41) is 7.07. The predicted molar refractivity (Wildman–Crippen MR) is 105 cm³/mol. The molecule has 1 aliphatic rings. The van der Waals surface area contributed by atoms with Crippen LogP contribution in [0.3, 0.4) is 0 Å². The van der Waals surface area contributed by atoms with Gasteiger partial charge in [0.05, 0.1) is 33.1 Å². The minimum atomic E-state index is -0.680. The molecule has 0 radical (unpaired) electrons. The van der Waals surface area contributed by atoms with Gasteiger partial charge in [-0.1, -0.05) is 35.5 Å². The highest BCUT2D eigenvalue weighted by molar-refractivity contribution is 6.04. The first-order valence-electron chi connectivity index (χ1n) is 8.95. The number of benzene rings is 2. The maximum atomic E-state index is 12.6. The molecule has 7 nitrogen and oxygen atoms in total. The van der Waals surface area contributed by atoms with Gasteiger partial charge in [-0.25, -0.2) is 0 Å². The summed E-state index contributed by atoms with van der Waals surface area (Å²) in [7, 11) is 4.65. The molecule has 2 aromatic rings. The van der Waals surface area contributed by atoms with E-state index in [9.17, 15) is 4.79 Å². The molecule has 1 aliphatic heterocycles. The van der Waals surface area contributed by atoms with Crippen molar-refractivity contribution in [1.29, 1.82) is 0 Å². The monoisotopic (exact) mass is 384 g/mol. The minimum absolute atomic E-state index is 0.123. The predicted octanol–water partition coefficient (Wildman–Crippen LogP) is 3.08. The van der Waals surface area contributed by atoms with Crippen LogP contribution in [0.5, 0.6) is 17.2 Å². The zero-order valence-electron chi connectivity index (χ0n) is 16.4. The van der Waals surface area contributed by atoms with Gasteiger partial charge >= 0.3 is 0 Å². The number of amides is 1. The van der Waals surface area contributed by atoms with E-state index in [0.717, 1.165) is 11.1 Å². The summed E-state index contributed by atoms with van der Waals surface area (Å²) in [5.74, 6) is 1.33. The third-order valence-corrected chi connectivity index (χ3v) is 4.62. The van der Waals surface area contributed by atoms with Gasteiger partial charge in [-0.15, -0.1) is 0 Å². The van der Waals surface area contributed by atoms with Crippen LogP contribution < -0.4 is 19.5 Å². The molecule has 2 atom stereocenters. The maximum Gasteiger partial charge on any atom is 0.264 e. The third kappa shape index (κ3) is 4.03. The van der Waals surface area contributed by atoms with E-state index >= 15 is 0 Å². The molecule has 1 amide bonds. The summed E-state index contributed by atoms with van der Waals surface area (Å²) in [6.45, 7) is 1.93. The Bertz CT molecular complexity index is 841. The molecule has 0 bridgehead atoms. The molecule has 148 valence electrons. The maximum absolute atomic E-state index is 12.6. The Morgan fingerprint density at radius 3 is 2.32 bits per heavy atom. The summed E-state index contributed by atoms with van der Waals surface area (Å²) in [5.41, 5.74) is 2.42. The Hall–Kier alpha value is -3.22. The van der Waals surface area contributed by atoms with Crippen LogP contribution in [0.25, 0.3) is 0 Å². The molecule has 3 rings (SSSR count). The Labute approximate surface area is 164 Å². The number of carbonyl (C=O) groups excluding carboxylic acids is 1. The van der Waals surface area contributed by atoms with E-state index in [0.29, 0.717) is 29.4 Å². The topological polar surface area (TPSA) is 78.4 Å². The van der Waals surface area contributed by atoms with Gasteiger partial charge < -0.3 is 24.4 Å². The van der Waals surface area contributed by atoms with Crippen LogP contribution >= 0.6 is 0 Å². The SMILES string of the molecule is COc1cc(C2=NOC(C(=O)NC(C)c3ccccc3)C2)cc(OC)c1OC.